The average Bonchev–Trinajstić information content (AvgIpc) is 2.56. The van der Waals surface area contributed by atoms with Crippen LogP contribution < -0.4 is 15.0 Å². The topological polar surface area (TPSA) is 58.6 Å². The minimum Gasteiger partial charge on any atom is -0.489 e. The zero-order valence-electron chi connectivity index (χ0n) is 16.0. The molecule has 5 heteroatoms. The second-order valence-electron chi connectivity index (χ2n) is 6.58. The lowest BCUT2D eigenvalue weighted by molar-refractivity contribution is -0.120. The minimum atomic E-state index is -0.279. The Morgan fingerprint density at radius 1 is 1.08 bits per heavy atom. The highest BCUT2D eigenvalue weighted by atomic mass is 16.5. The lowest BCUT2D eigenvalue weighted by atomic mass is 10.1. The number of rotatable bonds is 6. The first kappa shape index (κ1) is 19.5. The van der Waals surface area contributed by atoms with Crippen molar-refractivity contribution >= 4 is 23.2 Å². The summed E-state index contributed by atoms with van der Waals surface area (Å²) in [5.41, 5.74) is 3.52. The Morgan fingerprint density at radius 3 is 2.38 bits per heavy atom. The SMILES string of the molecule is CC(=O)N(CC(=O)Nc1ccccc1OC(C)C)c1ccc(C)c(C)c1. The van der Waals surface area contributed by atoms with Crippen LogP contribution in [0.2, 0.25) is 0 Å². The second kappa shape index (κ2) is 8.52. The van der Waals surface area contributed by atoms with Crippen molar-refractivity contribution in [2.75, 3.05) is 16.8 Å². The number of nitrogens with one attached hydrogen (secondary N) is 1. The molecule has 0 aliphatic rings. The van der Waals surface area contributed by atoms with E-state index in [0.29, 0.717) is 17.1 Å². The number of hydrogen-bond donors (Lipinski definition) is 1. The van der Waals surface area contributed by atoms with Crippen LogP contribution in [0.1, 0.15) is 31.9 Å². The van der Waals surface area contributed by atoms with Crippen LogP contribution >= 0.6 is 0 Å². The number of carbonyl (C=O) groups excluding carboxylic acids is 2. The summed E-state index contributed by atoms with van der Waals surface area (Å²) < 4.78 is 5.72. The zero-order valence-corrected chi connectivity index (χ0v) is 16.0. The highest BCUT2D eigenvalue weighted by Gasteiger charge is 2.17. The molecule has 0 bridgehead atoms. The summed E-state index contributed by atoms with van der Waals surface area (Å²) in [5, 5.41) is 2.84. The third kappa shape index (κ3) is 5.09. The summed E-state index contributed by atoms with van der Waals surface area (Å²) in [6.45, 7) is 9.24. The number of amides is 2. The first-order chi connectivity index (χ1) is 12.3. The van der Waals surface area contributed by atoms with E-state index in [1.165, 1.54) is 11.8 Å². The maximum atomic E-state index is 12.5. The van der Waals surface area contributed by atoms with E-state index < -0.39 is 0 Å². The number of para-hydroxylation sites is 2. The Balaban J connectivity index is 2.16. The van der Waals surface area contributed by atoms with E-state index in [-0.39, 0.29) is 24.5 Å². The molecule has 1 N–H and O–H groups in total. The van der Waals surface area contributed by atoms with Crippen LogP contribution in [-0.2, 0) is 9.59 Å². The van der Waals surface area contributed by atoms with Gasteiger partial charge in [-0.3, -0.25) is 9.59 Å². The largest absolute Gasteiger partial charge is 0.489 e. The van der Waals surface area contributed by atoms with Gasteiger partial charge in [-0.2, -0.15) is 0 Å². The van der Waals surface area contributed by atoms with E-state index in [0.717, 1.165) is 11.1 Å². The molecule has 0 atom stereocenters. The van der Waals surface area contributed by atoms with E-state index in [1.54, 1.807) is 6.07 Å². The van der Waals surface area contributed by atoms with E-state index in [1.807, 2.05) is 64.1 Å². The Hall–Kier alpha value is -2.82. The molecule has 0 unspecified atom stereocenters. The van der Waals surface area contributed by atoms with Gasteiger partial charge in [0.25, 0.3) is 0 Å². The number of benzene rings is 2. The van der Waals surface area contributed by atoms with E-state index in [2.05, 4.69) is 5.32 Å². The monoisotopic (exact) mass is 354 g/mol. The second-order valence-corrected chi connectivity index (χ2v) is 6.58. The standard InChI is InChI=1S/C21H26N2O3/c1-14(2)26-20-9-7-6-8-19(20)22-21(25)13-23(17(5)24)18-11-10-15(3)16(4)12-18/h6-12,14H,13H2,1-5H3,(H,22,25). The Labute approximate surface area is 155 Å². The van der Waals surface area contributed by atoms with E-state index >= 15 is 0 Å². The molecule has 138 valence electrons. The summed E-state index contributed by atoms with van der Waals surface area (Å²) in [4.78, 5) is 26.1. The van der Waals surface area contributed by atoms with Crippen LogP contribution in [-0.4, -0.2) is 24.5 Å². The van der Waals surface area contributed by atoms with Crippen molar-refractivity contribution < 1.29 is 14.3 Å². The summed E-state index contributed by atoms with van der Waals surface area (Å²) >= 11 is 0. The normalized spacial score (nSPS) is 10.5. The molecule has 0 saturated carbocycles. The third-order valence-electron chi connectivity index (χ3n) is 4.01. The van der Waals surface area contributed by atoms with Gasteiger partial charge in [-0.05, 0) is 63.1 Å². The molecular formula is C21H26N2O3. The van der Waals surface area contributed by atoms with Gasteiger partial charge in [0.05, 0.1) is 11.8 Å². The van der Waals surface area contributed by atoms with Crippen molar-refractivity contribution in [1.29, 1.82) is 0 Å². The summed E-state index contributed by atoms with van der Waals surface area (Å²) in [6, 6.07) is 13.0. The van der Waals surface area contributed by atoms with Crippen molar-refractivity contribution in [2.24, 2.45) is 0 Å². The molecule has 2 amide bonds. The number of hydrogen-bond acceptors (Lipinski definition) is 3. The molecule has 26 heavy (non-hydrogen) atoms. The van der Waals surface area contributed by atoms with Gasteiger partial charge >= 0.3 is 0 Å². The third-order valence-corrected chi connectivity index (χ3v) is 4.01. The smallest absolute Gasteiger partial charge is 0.244 e. The van der Waals surface area contributed by atoms with Gasteiger partial charge in [0.1, 0.15) is 12.3 Å². The highest BCUT2D eigenvalue weighted by Crippen LogP contribution is 2.25. The fraction of sp³-hybridized carbons (Fsp3) is 0.333. The first-order valence-electron chi connectivity index (χ1n) is 8.69. The maximum Gasteiger partial charge on any atom is 0.244 e. The molecule has 5 nitrogen and oxygen atoms in total. The van der Waals surface area contributed by atoms with Gasteiger partial charge < -0.3 is 15.0 Å². The average molecular weight is 354 g/mol. The first-order valence-corrected chi connectivity index (χ1v) is 8.69. The molecule has 0 heterocycles. The number of anilines is 2. The quantitative estimate of drug-likeness (QED) is 0.850. The number of nitrogens with zero attached hydrogens (tertiary/aromatic N) is 1. The molecule has 0 aliphatic heterocycles. The molecule has 0 aliphatic carbocycles. The fourth-order valence-corrected chi connectivity index (χ4v) is 2.54. The molecule has 0 fully saturated rings. The van der Waals surface area contributed by atoms with Crippen LogP contribution in [0.4, 0.5) is 11.4 Å². The predicted octanol–water partition coefficient (Wildman–Crippen LogP) is 4.08. The summed E-state index contributed by atoms with van der Waals surface area (Å²) in [5.74, 6) is 0.143. The Bertz CT molecular complexity index is 800. The molecule has 2 aromatic carbocycles. The van der Waals surface area contributed by atoms with Crippen molar-refractivity contribution in [3.63, 3.8) is 0 Å². The van der Waals surface area contributed by atoms with E-state index in [9.17, 15) is 9.59 Å². The Morgan fingerprint density at radius 2 is 1.77 bits per heavy atom. The van der Waals surface area contributed by atoms with Gasteiger partial charge in [0.15, 0.2) is 0 Å². The van der Waals surface area contributed by atoms with Gasteiger partial charge in [0, 0.05) is 12.6 Å². The zero-order chi connectivity index (χ0) is 19.3. The molecule has 0 radical (unpaired) electrons. The molecule has 2 rings (SSSR count). The van der Waals surface area contributed by atoms with Crippen molar-refractivity contribution in [3.8, 4) is 5.75 Å². The Kier molecular flexibility index (Phi) is 6.39. The molecule has 0 spiro atoms. The minimum absolute atomic E-state index is 0.00250. The molecule has 2 aromatic rings. The highest BCUT2D eigenvalue weighted by molar-refractivity contribution is 6.02. The lowest BCUT2D eigenvalue weighted by Gasteiger charge is -2.22. The number of carbonyl (C=O) groups is 2. The summed E-state index contributed by atoms with van der Waals surface area (Å²) in [6.07, 6.45) is -0.00250. The van der Waals surface area contributed by atoms with Crippen LogP contribution in [0.25, 0.3) is 0 Å². The van der Waals surface area contributed by atoms with E-state index in [4.69, 9.17) is 4.74 Å². The van der Waals surface area contributed by atoms with Crippen LogP contribution in [0.15, 0.2) is 42.5 Å². The number of ether oxygens (including phenoxy) is 1. The van der Waals surface area contributed by atoms with Gasteiger partial charge in [0.2, 0.25) is 11.8 Å². The van der Waals surface area contributed by atoms with Crippen LogP contribution in [0.3, 0.4) is 0 Å². The van der Waals surface area contributed by atoms with Crippen molar-refractivity contribution in [3.05, 3.63) is 53.6 Å². The van der Waals surface area contributed by atoms with Gasteiger partial charge in [-0.1, -0.05) is 18.2 Å². The fourth-order valence-electron chi connectivity index (χ4n) is 2.54. The molecular weight excluding hydrogens is 328 g/mol. The lowest BCUT2D eigenvalue weighted by Crippen LogP contribution is -2.36. The molecule has 0 saturated heterocycles. The maximum absolute atomic E-state index is 12.5. The van der Waals surface area contributed by atoms with Gasteiger partial charge in [-0.25, -0.2) is 0 Å². The van der Waals surface area contributed by atoms with Crippen LogP contribution in [0.5, 0.6) is 5.75 Å². The van der Waals surface area contributed by atoms with Crippen molar-refractivity contribution in [1.82, 2.24) is 0 Å². The predicted molar refractivity (Wildman–Crippen MR) is 105 cm³/mol. The molecule has 0 aromatic heterocycles. The van der Waals surface area contributed by atoms with Crippen molar-refractivity contribution in [2.45, 2.75) is 40.7 Å². The van der Waals surface area contributed by atoms with Crippen LogP contribution in [0, 0.1) is 13.8 Å². The van der Waals surface area contributed by atoms with Gasteiger partial charge in [-0.15, -0.1) is 0 Å². The number of aryl methyl sites for hydroxylation is 2. The summed E-state index contributed by atoms with van der Waals surface area (Å²) in [7, 11) is 0.